The van der Waals surface area contributed by atoms with Crippen LogP contribution in [0.2, 0.25) is 5.28 Å². The molecule has 1 unspecified atom stereocenters. The van der Waals surface area contributed by atoms with Crippen molar-refractivity contribution in [2.45, 2.75) is 37.5 Å². The Kier molecular flexibility index (Phi) is 5.34. The second kappa shape index (κ2) is 7.30. The minimum atomic E-state index is -4.49. The number of sulfonamides is 1. The average molecular weight is 434 g/mol. The number of hydrogen-bond acceptors (Lipinski definition) is 5. The van der Waals surface area contributed by atoms with Gasteiger partial charge in [0.15, 0.2) is 0 Å². The molecule has 150 valence electrons. The monoisotopic (exact) mass is 433 g/mol. The molecule has 3 rings (SSSR count). The third kappa shape index (κ3) is 3.96. The Morgan fingerprint density at radius 1 is 1.25 bits per heavy atom. The molecule has 0 bridgehead atoms. The van der Waals surface area contributed by atoms with Crippen molar-refractivity contribution in [1.29, 1.82) is 0 Å². The Morgan fingerprint density at radius 2 is 1.89 bits per heavy atom. The molecule has 1 aromatic carbocycles. The Labute approximate surface area is 163 Å². The SMILES string of the molecule is CCn1c(C(C)NS(=O)(=O)c2cnc(Cl)nc2)nc2ccc(C(F)(F)F)cc21. The van der Waals surface area contributed by atoms with Crippen molar-refractivity contribution in [2.75, 3.05) is 0 Å². The third-order valence-corrected chi connectivity index (χ3v) is 5.74. The van der Waals surface area contributed by atoms with Crippen LogP contribution >= 0.6 is 11.6 Å². The zero-order chi connectivity index (χ0) is 20.7. The maximum absolute atomic E-state index is 13.0. The lowest BCUT2D eigenvalue weighted by molar-refractivity contribution is -0.137. The van der Waals surface area contributed by atoms with Crippen LogP contribution < -0.4 is 4.72 Å². The summed E-state index contributed by atoms with van der Waals surface area (Å²) in [4.78, 5) is 11.4. The van der Waals surface area contributed by atoms with Crippen molar-refractivity contribution < 1.29 is 21.6 Å². The second-order valence-corrected chi connectivity index (χ2v) is 8.00. The number of aromatic nitrogens is 4. The fourth-order valence-electron chi connectivity index (χ4n) is 2.77. The number of fused-ring (bicyclic) bond motifs is 1. The topological polar surface area (TPSA) is 89.8 Å². The van der Waals surface area contributed by atoms with Gasteiger partial charge in [-0.05, 0) is 43.6 Å². The summed E-state index contributed by atoms with van der Waals surface area (Å²) < 4.78 is 68.0. The number of alkyl halides is 3. The number of benzene rings is 1. The number of nitrogens with one attached hydrogen (secondary N) is 1. The summed E-state index contributed by atoms with van der Waals surface area (Å²) >= 11 is 5.56. The van der Waals surface area contributed by atoms with E-state index in [-0.39, 0.29) is 21.5 Å². The van der Waals surface area contributed by atoms with Gasteiger partial charge in [-0.1, -0.05) is 0 Å². The van der Waals surface area contributed by atoms with Gasteiger partial charge < -0.3 is 4.57 Å². The van der Waals surface area contributed by atoms with Crippen LogP contribution in [0.15, 0.2) is 35.5 Å². The zero-order valence-corrected chi connectivity index (χ0v) is 16.3. The minimum Gasteiger partial charge on any atom is -0.327 e. The van der Waals surface area contributed by atoms with E-state index in [9.17, 15) is 21.6 Å². The van der Waals surface area contributed by atoms with Gasteiger partial charge in [-0.2, -0.15) is 13.2 Å². The van der Waals surface area contributed by atoms with E-state index in [1.165, 1.54) is 10.6 Å². The van der Waals surface area contributed by atoms with Gasteiger partial charge in [0, 0.05) is 6.54 Å². The van der Waals surface area contributed by atoms with E-state index in [4.69, 9.17) is 11.6 Å². The van der Waals surface area contributed by atoms with E-state index in [1.807, 2.05) is 0 Å². The van der Waals surface area contributed by atoms with Crippen LogP contribution in [0.3, 0.4) is 0 Å². The molecule has 1 atom stereocenters. The number of rotatable bonds is 5. The first-order valence-corrected chi connectivity index (χ1v) is 9.96. The average Bonchev–Trinajstić information content (AvgIpc) is 2.99. The van der Waals surface area contributed by atoms with E-state index in [0.29, 0.717) is 12.1 Å². The van der Waals surface area contributed by atoms with Crippen molar-refractivity contribution in [3.63, 3.8) is 0 Å². The second-order valence-electron chi connectivity index (χ2n) is 5.95. The molecule has 1 N–H and O–H groups in total. The fourth-order valence-corrected chi connectivity index (χ4v) is 3.96. The highest BCUT2D eigenvalue weighted by Crippen LogP contribution is 2.32. The van der Waals surface area contributed by atoms with Gasteiger partial charge in [0.25, 0.3) is 0 Å². The van der Waals surface area contributed by atoms with E-state index in [2.05, 4.69) is 19.7 Å². The summed E-state index contributed by atoms with van der Waals surface area (Å²) in [5.74, 6) is 0.287. The highest BCUT2D eigenvalue weighted by Gasteiger charge is 2.31. The summed E-state index contributed by atoms with van der Waals surface area (Å²) in [7, 11) is -3.99. The summed E-state index contributed by atoms with van der Waals surface area (Å²) in [6, 6.07) is 2.40. The van der Waals surface area contributed by atoms with E-state index in [1.54, 1.807) is 13.8 Å². The Hall–Kier alpha value is -2.24. The molecule has 0 fully saturated rings. The number of imidazole rings is 1. The largest absolute Gasteiger partial charge is 0.416 e. The van der Waals surface area contributed by atoms with Gasteiger partial charge in [-0.15, -0.1) is 0 Å². The molecule has 3 aromatic rings. The highest BCUT2D eigenvalue weighted by molar-refractivity contribution is 7.89. The molecular formula is C16H15ClF3N5O2S. The van der Waals surface area contributed by atoms with Gasteiger partial charge in [-0.3, -0.25) is 0 Å². The number of nitrogens with zero attached hydrogens (tertiary/aromatic N) is 4. The molecule has 2 heterocycles. The molecule has 7 nitrogen and oxygen atoms in total. The number of hydrogen-bond donors (Lipinski definition) is 1. The Morgan fingerprint density at radius 3 is 2.46 bits per heavy atom. The smallest absolute Gasteiger partial charge is 0.327 e. The zero-order valence-electron chi connectivity index (χ0n) is 14.7. The van der Waals surface area contributed by atoms with Crippen molar-refractivity contribution in [3.8, 4) is 0 Å². The molecule has 0 aliphatic rings. The minimum absolute atomic E-state index is 0.0970. The molecule has 0 amide bonds. The van der Waals surface area contributed by atoms with Crippen LogP contribution in [0.25, 0.3) is 11.0 Å². The first-order chi connectivity index (χ1) is 13.0. The van der Waals surface area contributed by atoms with Gasteiger partial charge in [0.1, 0.15) is 10.7 Å². The van der Waals surface area contributed by atoms with E-state index in [0.717, 1.165) is 24.5 Å². The molecule has 0 spiro atoms. The Balaban J connectivity index is 1.99. The predicted octanol–water partition coefficient (Wildman–Crippen LogP) is 3.56. The summed E-state index contributed by atoms with van der Waals surface area (Å²) in [5, 5.41) is -0.0970. The Bertz CT molecular complexity index is 1110. The fraction of sp³-hybridized carbons (Fsp3) is 0.312. The summed E-state index contributed by atoms with van der Waals surface area (Å²) in [5.41, 5.74) is -0.188. The third-order valence-electron chi connectivity index (χ3n) is 4.05. The van der Waals surface area contributed by atoms with Crippen LogP contribution in [0.1, 0.15) is 31.3 Å². The molecule has 0 saturated heterocycles. The van der Waals surface area contributed by atoms with Crippen molar-refractivity contribution in [2.24, 2.45) is 0 Å². The van der Waals surface area contributed by atoms with Crippen molar-refractivity contribution in [1.82, 2.24) is 24.2 Å². The normalized spacial score (nSPS) is 13.8. The summed E-state index contributed by atoms with van der Waals surface area (Å²) in [6.07, 6.45) is -2.37. The highest BCUT2D eigenvalue weighted by atomic mass is 35.5. The molecule has 0 saturated carbocycles. The molecule has 0 radical (unpaired) electrons. The molecule has 12 heteroatoms. The molecular weight excluding hydrogens is 419 g/mol. The van der Waals surface area contributed by atoms with Gasteiger partial charge >= 0.3 is 6.18 Å². The quantitative estimate of drug-likeness (QED) is 0.621. The standard InChI is InChI=1S/C16H15ClF3N5O2S/c1-3-25-13-6-10(16(18,19)20)4-5-12(13)23-14(25)9(2)24-28(26,27)11-7-21-15(17)22-8-11/h4-9,24H,3H2,1-2H3. The predicted molar refractivity (Wildman–Crippen MR) is 96.2 cm³/mol. The van der Waals surface area contributed by atoms with Crippen molar-refractivity contribution in [3.05, 3.63) is 47.3 Å². The maximum Gasteiger partial charge on any atom is 0.416 e. The van der Waals surface area contributed by atoms with Crippen LogP contribution in [0, 0.1) is 0 Å². The van der Waals surface area contributed by atoms with Gasteiger partial charge in [0.2, 0.25) is 15.3 Å². The first-order valence-electron chi connectivity index (χ1n) is 8.10. The van der Waals surface area contributed by atoms with Crippen LogP contribution in [0.4, 0.5) is 13.2 Å². The molecule has 0 aliphatic heterocycles. The lowest BCUT2D eigenvalue weighted by Crippen LogP contribution is -2.29. The number of halogens is 4. The molecule has 28 heavy (non-hydrogen) atoms. The number of aryl methyl sites for hydroxylation is 1. The van der Waals surface area contributed by atoms with Gasteiger partial charge in [-0.25, -0.2) is 28.1 Å². The van der Waals surface area contributed by atoms with E-state index >= 15 is 0 Å². The van der Waals surface area contributed by atoms with E-state index < -0.39 is 27.8 Å². The first kappa shape index (κ1) is 20.5. The van der Waals surface area contributed by atoms with Crippen molar-refractivity contribution >= 4 is 32.7 Å². The molecule has 2 aromatic heterocycles. The van der Waals surface area contributed by atoms with Crippen LogP contribution in [-0.4, -0.2) is 27.9 Å². The lowest BCUT2D eigenvalue weighted by atomic mass is 10.2. The van der Waals surface area contributed by atoms with Crippen LogP contribution in [0.5, 0.6) is 0 Å². The van der Waals surface area contributed by atoms with Crippen LogP contribution in [-0.2, 0) is 22.7 Å². The molecule has 0 aliphatic carbocycles. The summed E-state index contributed by atoms with van der Waals surface area (Å²) in [6.45, 7) is 3.59. The maximum atomic E-state index is 13.0. The van der Waals surface area contributed by atoms with Gasteiger partial charge in [0.05, 0.1) is 35.0 Å². The lowest BCUT2D eigenvalue weighted by Gasteiger charge is -2.15.